The summed E-state index contributed by atoms with van der Waals surface area (Å²) in [7, 11) is 0. The molecule has 0 unspecified atom stereocenters. The summed E-state index contributed by atoms with van der Waals surface area (Å²) in [5.41, 5.74) is 6.30. The number of ketones is 1. The molecule has 4 N–H and O–H groups in total. The molecule has 0 radical (unpaired) electrons. The van der Waals surface area contributed by atoms with Crippen molar-refractivity contribution in [2.24, 2.45) is 5.73 Å². The number of hydrogen-bond acceptors (Lipinski definition) is 4. The summed E-state index contributed by atoms with van der Waals surface area (Å²) in [4.78, 5) is 29.3. The molecule has 0 aromatic heterocycles. The minimum absolute atomic E-state index is 0.385. The molecule has 0 bridgehead atoms. The van der Waals surface area contributed by atoms with Crippen LogP contribution in [0.5, 0.6) is 0 Å². The highest BCUT2D eigenvalue weighted by molar-refractivity contribution is 6.31. The lowest BCUT2D eigenvalue weighted by molar-refractivity contribution is -0.148. The first-order chi connectivity index (χ1) is 8.34. The van der Waals surface area contributed by atoms with E-state index < -0.39 is 23.8 Å². The van der Waals surface area contributed by atoms with Gasteiger partial charge in [-0.25, -0.2) is 4.79 Å². The standard InChI is InChI=1S/C9H11NO2.C3H4O3/c10-8(9(11)12)6-7-4-2-1-3-5-7;1-2(4)3(5)6/h1-5,8H,6,10H2,(H,11,12);1H3,(H,5,6)/t8-;/m0./s1. The molecular weight excluding hydrogens is 238 g/mol. The fourth-order valence-electron chi connectivity index (χ4n) is 0.955. The quantitative estimate of drug-likeness (QED) is 0.664. The Hall–Kier alpha value is -2.21. The fourth-order valence-corrected chi connectivity index (χ4v) is 0.955. The van der Waals surface area contributed by atoms with Gasteiger partial charge in [0.1, 0.15) is 6.04 Å². The van der Waals surface area contributed by atoms with Gasteiger partial charge in [0.15, 0.2) is 0 Å². The molecule has 0 aliphatic rings. The molecule has 6 nitrogen and oxygen atoms in total. The van der Waals surface area contributed by atoms with Crippen LogP contribution in [0, 0.1) is 0 Å². The summed E-state index contributed by atoms with van der Waals surface area (Å²) < 4.78 is 0. The van der Waals surface area contributed by atoms with Crippen molar-refractivity contribution in [2.75, 3.05) is 0 Å². The molecule has 1 atom stereocenters. The summed E-state index contributed by atoms with van der Waals surface area (Å²) in [6.07, 6.45) is 0.385. The van der Waals surface area contributed by atoms with Crippen LogP contribution < -0.4 is 5.73 Å². The van der Waals surface area contributed by atoms with E-state index in [4.69, 9.17) is 15.9 Å². The molecule has 0 saturated carbocycles. The average Bonchev–Trinajstić information content (AvgIpc) is 2.30. The number of nitrogens with two attached hydrogens (primary N) is 1. The van der Waals surface area contributed by atoms with Gasteiger partial charge in [0.2, 0.25) is 5.78 Å². The highest BCUT2D eigenvalue weighted by Crippen LogP contribution is 2.01. The van der Waals surface area contributed by atoms with E-state index in [1.807, 2.05) is 30.3 Å². The number of rotatable bonds is 4. The van der Waals surface area contributed by atoms with Crippen LogP contribution in [-0.4, -0.2) is 34.0 Å². The van der Waals surface area contributed by atoms with E-state index in [2.05, 4.69) is 0 Å². The molecule has 0 spiro atoms. The maximum atomic E-state index is 10.4. The average molecular weight is 253 g/mol. The first kappa shape index (κ1) is 15.8. The second-order valence-corrected chi connectivity index (χ2v) is 3.50. The SMILES string of the molecule is CC(=O)C(=O)O.N[C@@H](Cc1ccccc1)C(=O)O. The third-order valence-electron chi connectivity index (χ3n) is 1.92. The van der Waals surface area contributed by atoms with Gasteiger partial charge in [-0.2, -0.15) is 0 Å². The highest BCUT2D eigenvalue weighted by Gasteiger charge is 2.10. The molecule has 6 heteroatoms. The number of aliphatic carboxylic acids is 2. The predicted octanol–water partition coefficient (Wildman–Crippen LogP) is 0.301. The summed E-state index contributed by atoms with van der Waals surface area (Å²) in [5.74, 6) is -3.16. The Morgan fingerprint density at radius 2 is 1.61 bits per heavy atom. The van der Waals surface area contributed by atoms with Crippen LogP contribution in [0.25, 0.3) is 0 Å². The number of hydrogen-bond donors (Lipinski definition) is 3. The molecule has 1 rings (SSSR count). The molecule has 0 heterocycles. The molecule has 0 aliphatic carbocycles. The van der Waals surface area contributed by atoms with Crippen molar-refractivity contribution in [2.45, 2.75) is 19.4 Å². The van der Waals surface area contributed by atoms with Crippen molar-refractivity contribution in [1.29, 1.82) is 0 Å². The number of carboxylic acid groups (broad SMARTS) is 2. The minimum atomic E-state index is -1.38. The van der Waals surface area contributed by atoms with Crippen molar-refractivity contribution in [3.05, 3.63) is 35.9 Å². The van der Waals surface area contributed by atoms with Gasteiger partial charge in [-0.15, -0.1) is 0 Å². The highest BCUT2D eigenvalue weighted by atomic mass is 16.4. The number of carboxylic acids is 2. The molecule has 18 heavy (non-hydrogen) atoms. The maximum absolute atomic E-state index is 10.4. The van der Waals surface area contributed by atoms with Crippen molar-refractivity contribution in [3.63, 3.8) is 0 Å². The normalized spacial score (nSPS) is 10.8. The molecule has 0 amide bonds. The molecule has 0 aliphatic heterocycles. The minimum Gasteiger partial charge on any atom is -0.480 e. The van der Waals surface area contributed by atoms with Crippen molar-refractivity contribution in [1.82, 2.24) is 0 Å². The molecule has 1 aromatic rings. The smallest absolute Gasteiger partial charge is 0.371 e. The molecular formula is C12H15NO5. The van der Waals surface area contributed by atoms with Crippen LogP contribution in [-0.2, 0) is 20.8 Å². The van der Waals surface area contributed by atoms with Crippen molar-refractivity contribution >= 4 is 17.7 Å². The first-order valence-electron chi connectivity index (χ1n) is 5.10. The Labute approximate surface area is 104 Å². The zero-order chi connectivity index (χ0) is 14.1. The Morgan fingerprint density at radius 1 is 1.17 bits per heavy atom. The van der Waals surface area contributed by atoms with Gasteiger partial charge in [0.25, 0.3) is 0 Å². The first-order valence-corrected chi connectivity index (χ1v) is 5.10. The number of carbonyl (C=O) groups excluding carboxylic acids is 1. The summed E-state index contributed by atoms with van der Waals surface area (Å²) in [6, 6.07) is 8.54. The van der Waals surface area contributed by atoms with Crippen molar-refractivity contribution < 1.29 is 24.6 Å². The monoisotopic (exact) mass is 253 g/mol. The summed E-state index contributed by atoms with van der Waals surface area (Å²) in [6.45, 7) is 1.00. The molecule has 98 valence electrons. The summed E-state index contributed by atoms with van der Waals surface area (Å²) >= 11 is 0. The van der Waals surface area contributed by atoms with Gasteiger partial charge in [0.05, 0.1) is 0 Å². The van der Waals surface area contributed by atoms with E-state index in [0.29, 0.717) is 6.42 Å². The second kappa shape index (κ2) is 7.97. The van der Waals surface area contributed by atoms with Crippen LogP contribution in [0.15, 0.2) is 30.3 Å². The largest absolute Gasteiger partial charge is 0.480 e. The van der Waals surface area contributed by atoms with Gasteiger partial charge in [-0.1, -0.05) is 30.3 Å². The maximum Gasteiger partial charge on any atom is 0.371 e. The van der Waals surface area contributed by atoms with Crippen molar-refractivity contribution in [3.8, 4) is 0 Å². The zero-order valence-corrected chi connectivity index (χ0v) is 9.87. The van der Waals surface area contributed by atoms with Crippen LogP contribution in [0.3, 0.4) is 0 Å². The zero-order valence-electron chi connectivity index (χ0n) is 9.87. The van der Waals surface area contributed by atoms with Crippen LogP contribution in [0.2, 0.25) is 0 Å². The third-order valence-corrected chi connectivity index (χ3v) is 1.92. The van der Waals surface area contributed by atoms with Gasteiger partial charge in [0, 0.05) is 6.92 Å². The lowest BCUT2D eigenvalue weighted by Crippen LogP contribution is -2.32. The van der Waals surface area contributed by atoms with Crippen LogP contribution in [0.4, 0.5) is 0 Å². The van der Waals surface area contributed by atoms with E-state index in [9.17, 15) is 14.4 Å². The van der Waals surface area contributed by atoms with E-state index in [0.717, 1.165) is 12.5 Å². The van der Waals surface area contributed by atoms with Gasteiger partial charge in [-0.3, -0.25) is 9.59 Å². The van der Waals surface area contributed by atoms with Gasteiger partial charge >= 0.3 is 11.9 Å². The molecule has 1 aromatic carbocycles. The van der Waals surface area contributed by atoms with E-state index in [-0.39, 0.29) is 0 Å². The van der Waals surface area contributed by atoms with Crippen LogP contribution >= 0.6 is 0 Å². The lowest BCUT2D eigenvalue weighted by atomic mass is 10.1. The lowest BCUT2D eigenvalue weighted by Gasteiger charge is -2.04. The summed E-state index contributed by atoms with van der Waals surface area (Å²) in [5, 5.41) is 16.2. The van der Waals surface area contributed by atoms with Gasteiger partial charge < -0.3 is 15.9 Å². The fraction of sp³-hybridized carbons (Fsp3) is 0.250. The number of benzene rings is 1. The number of carbonyl (C=O) groups is 3. The Balaban J connectivity index is 0.000000411. The van der Waals surface area contributed by atoms with E-state index in [1.165, 1.54) is 0 Å². The Morgan fingerprint density at radius 3 is 1.94 bits per heavy atom. The van der Waals surface area contributed by atoms with Gasteiger partial charge in [-0.05, 0) is 12.0 Å². The number of Topliss-reactive ketones (excluding diaryl/α,β-unsaturated/α-hetero) is 1. The molecule has 0 fully saturated rings. The van der Waals surface area contributed by atoms with E-state index >= 15 is 0 Å². The topological polar surface area (TPSA) is 118 Å². The predicted molar refractivity (Wildman–Crippen MR) is 64.1 cm³/mol. The molecule has 0 saturated heterocycles. The second-order valence-electron chi connectivity index (χ2n) is 3.50. The van der Waals surface area contributed by atoms with E-state index in [1.54, 1.807) is 0 Å². The van der Waals surface area contributed by atoms with Crippen LogP contribution in [0.1, 0.15) is 12.5 Å². The Kier molecular flexibility index (Phi) is 6.99. The third kappa shape index (κ3) is 7.13. The Bertz CT molecular complexity index is 404.